The molecule has 3 aromatic carbocycles. The van der Waals surface area contributed by atoms with Crippen LogP contribution < -0.4 is 4.90 Å². The average molecular weight is 556 g/mol. The van der Waals surface area contributed by atoms with Crippen LogP contribution in [0.4, 0.5) is 11.4 Å². The predicted molar refractivity (Wildman–Crippen MR) is 164 cm³/mol. The zero-order valence-corrected chi connectivity index (χ0v) is 25.3. The maximum absolute atomic E-state index is 11.8. The average Bonchev–Trinajstić information content (AvgIpc) is 3.21. The molecule has 5 nitrogen and oxygen atoms in total. The summed E-state index contributed by atoms with van der Waals surface area (Å²) in [6.45, 7) is 10.9. The molecular formula is C34H39N2O3S+. The minimum atomic E-state index is -4.28. The van der Waals surface area contributed by atoms with Gasteiger partial charge in [-0.1, -0.05) is 68.0 Å². The zero-order valence-electron chi connectivity index (χ0n) is 24.4. The largest absolute Gasteiger partial charge is 0.347 e. The molecule has 0 amide bonds. The third-order valence-corrected chi connectivity index (χ3v) is 9.62. The maximum atomic E-state index is 11.8. The van der Waals surface area contributed by atoms with Gasteiger partial charge in [-0.2, -0.15) is 13.0 Å². The van der Waals surface area contributed by atoms with Crippen molar-refractivity contribution >= 4 is 27.2 Å². The smallest absolute Gasteiger partial charge is 0.294 e. The van der Waals surface area contributed by atoms with Crippen molar-refractivity contribution in [3.05, 3.63) is 113 Å². The molecular weight excluding hydrogens is 516 g/mol. The van der Waals surface area contributed by atoms with Crippen LogP contribution in [-0.4, -0.2) is 37.4 Å². The van der Waals surface area contributed by atoms with Crippen LogP contribution in [0.3, 0.4) is 0 Å². The van der Waals surface area contributed by atoms with Crippen molar-refractivity contribution in [2.75, 3.05) is 19.0 Å². The lowest BCUT2D eigenvalue weighted by Crippen LogP contribution is -2.26. The second kappa shape index (κ2) is 9.86. The molecule has 2 heterocycles. The molecule has 1 N–H and O–H groups in total. The van der Waals surface area contributed by atoms with Crippen LogP contribution in [0, 0.1) is 6.92 Å². The summed E-state index contributed by atoms with van der Waals surface area (Å²) in [6.07, 6.45) is 7.68. The summed E-state index contributed by atoms with van der Waals surface area (Å²) in [4.78, 5) is 2.06. The normalized spacial score (nSPS) is 19.4. The fourth-order valence-electron chi connectivity index (χ4n) is 6.47. The van der Waals surface area contributed by atoms with Gasteiger partial charge in [-0.3, -0.25) is 4.55 Å². The van der Waals surface area contributed by atoms with Crippen molar-refractivity contribution in [3.63, 3.8) is 0 Å². The number of hydrogen-bond donors (Lipinski definition) is 1. The zero-order chi connectivity index (χ0) is 29.0. The van der Waals surface area contributed by atoms with Gasteiger partial charge in [-0.25, -0.2) is 0 Å². The van der Waals surface area contributed by atoms with Crippen molar-refractivity contribution in [3.8, 4) is 0 Å². The Labute approximate surface area is 238 Å². The summed E-state index contributed by atoms with van der Waals surface area (Å²) in [5, 5.41) is 0. The van der Waals surface area contributed by atoms with Gasteiger partial charge >= 0.3 is 0 Å². The van der Waals surface area contributed by atoms with E-state index in [9.17, 15) is 13.0 Å². The van der Waals surface area contributed by atoms with E-state index in [1.165, 1.54) is 34.2 Å². The molecule has 40 heavy (non-hydrogen) atoms. The standard InChI is InChI=1S/C34H38N2O3S/c1-23-13-17-29-27(21-23)33(2,3)31(35(29)6)19-14-25(24-11-9-8-10-12-24)15-20-32-34(4,5)28-22-26(40(37,38)39)16-18-30(28)36(32)7/h8-14,16-22,25H,15H2,1-7H3/p+1. The first-order valence-corrected chi connectivity index (χ1v) is 15.2. The molecule has 0 saturated heterocycles. The van der Waals surface area contributed by atoms with Gasteiger partial charge in [0.05, 0.1) is 10.3 Å². The third-order valence-electron chi connectivity index (χ3n) is 8.77. The molecule has 0 radical (unpaired) electrons. The van der Waals surface area contributed by atoms with Crippen molar-refractivity contribution in [1.82, 2.24) is 0 Å². The number of nitrogens with zero attached hydrogens (tertiary/aromatic N) is 2. The molecule has 3 aromatic rings. The van der Waals surface area contributed by atoms with Gasteiger partial charge in [0, 0.05) is 47.5 Å². The van der Waals surface area contributed by atoms with Gasteiger partial charge in [-0.05, 0) is 62.6 Å². The van der Waals surface area contributed by atoms with Crippen LogP contribution in [0.2, 0.25) is 0 Å². The van der Waals surface area contributed by atoms with E-state index in [-0.39, 0.29) is 16.2 Å². The van der Waals surface area contributed by atoms with Gasteiger partial charge in [-0.15, -0.1) is 0 Å². The highest BCUT2D eigenvalue weighted by Crippen LogP contribution is 2.48. The number of rotatable bonds is 6. The van der Waals surface area contributed by atoms with Gasteiger partial charge in [0.25, 0.3) is 10.1 Å². The number of allylic oxidation sites excluding steroid dienone is 4. The number of hydrogen-bond acceptors (Lipinski definition) is 3. The molecule has 5 rings (SSSR count). The molecule has 2 aliphatic rings. The Morgan fingerprint density at radius 3 is 2.33 bits per heavy atom. The topological polar surface area (TPSA) is 60.6 Å². The van der Waals surface area contributed by atoms with Gasteiger partial charge in [0.15, 0.2) is 5.71 Å². The van der Waals surface area contributed by atoms with Gasteiger partial charge < -0.3 is 4.90 Å². The Hall–Kier alpha value is -3.48. The molecule has 1 unspecified atom stereocenters. The van der Waals surface area contributed by atoms with Crippen molar-refractivity contribution < 1.29 is 17.5 Å². The summed E-state index contributed by atoms with van der Waals surface area (Å²) >= 11 is 0. The first-order valence-electron chi connectivity index (χ1n) is 13.7. The predicted octanol–water partition coefficient (Wildman–Crippen LogP) is 7.29. The van der Waals surface area contributed by atoms with Gasteiger partial charge in [0.1, 0.15) is 7.05 Å². The van der Waals surface area contributed by atoms with E-state index >= 15 is 0 Å². The van der Waals surface area contributed by atoms with Crippen LogP contribution >= 0.6 is 0 Å². The van der Waals surface area contributed by atoms with Crippen LogP contribution in [0.15, 0.2) is 95.6 Å². The Morgan fingerprint density at radius 1 is 0.950 bits per heavy atom. The quantitative estimate of drug-likeness (QED) is 0.256. The summed E-state index contributed by atoms with van der Waals surface area (Å²) in [7, 11) is -0.109. The van der Waals surface area contributed by atoms with Crippen molar-refractivity contribution in [1.29, 1.82) is 0 Å². The van der Waals surface area contributed by atoms with E-state index in [1.807, 2.05) is 13.1 Å². The number of anilines is 1. The Morgan fingerprint density at radius 2 is 1.65 bits per heavy atom. The van der Waals surface area contributed by atoms with E-state index < -0.39 is 15.5 Å². The van der Waals surface area contributed by atoms with E-state index in [1.54, 1.807) is 12.1 Å². The molecule has 208 valence electrons. The highest BCUT2D eigenvalue weighted by molar-refractivity contribution is 7.85. The molecule has 0 saturated carbocycles. The van der Waals surface area contributed by atoms with Crippen LogP contribution in [0.25, 0.3) is 0 Å². The highest BCUT2D eigenvalue weighted by atomic mass is 32.2. The SMILES string of the molecule is Cc1ccc2c(c1)C(C)(C)C(C=CC(CC=C1N(C)c3ccc(S(=O)(=O)O)cc3C1(C)C)c1ccccc1)=[N+]2C. The Kier molecular flexibility index (Phi) is 6.92. The third kappa shape index (κ3) is 4.73. The fourth-order valence-corrected chi connectivity index (χ4v) is 6.98. The highest BCUT2D eigenvalue weighted by Gasteiger charge is 2.43. The van der Waals surface area contributed by atoms with E-state index in [0.717, 1.165) is 23.4 Å². The van der Waals surface area contributed by atoms with E-state index in [0.29, 0.717) is 0 Å². The molecule has 0 bridgehead atoms. The molecule has 0 aliphatic carbocycles. The number of benzene rings is 3. The molecule has 0 fully saturated rings. The van der Waals surface area contributed by atoms with Crippen molar-refractivity contribution in [2.24, 2.45) is 0 Å². The lowest BCUT2D eigenvalue weighted by atomic mass is 9.80. The molecule has 0 spiro atoms. The molecule has 0 aromatic heterocycles. The minimum Gasteiger partial charge on any atom is -0.347 e. The second-order valence-corrected chi connectivity index (χ2v) is 13.6. The lowest BCUT2D eigenvalue weighted by molar-refractivity contribution is -0.401. The first kappa shape index (κ1) is 28.1. The van der Waals surface area contributed by atoms with Crippen LogP contribution in [0.5, 0.6) is 0 Å². The van der Waals surface area contributed by atoms with E-state index in [2.05, 4.69) is 112 Å². The second-order valence-electron chi connectivity index (χ2n) is 12.1. The van der Waals surface area contributed by atoms with Crippen LogP contribution in [-0.2, 0) is 20.9 Å². The van der Waals surface area contributed by atoms with Gasteiger partial charge in [0.2, 0.25) is 5.69 Å². The van der Waals surface area contributed by atoms with E-state index in [4.69, 9.17) is 0 Å². The Bertz CT molecular complexity index is 1680. The molecule has 1 atom stereocenters. The Balaban J connectivity index is 1.50. The summed E-state index contributed by atoms with van der Waals surface area (Å²) in [5.74, 6) is 0.150. The summed E-state index contributed by atoms with van der Waals surface area (Å²) in [6, 6.07) is 22.1. The molecule has 6 heteroatoms. The van der Waals surface area contributed by atoms with Crippen LogP contribution in [0.1, 0.15) is 62.3 Å². The maximum Gasteiger partial charge on any atom is 0.294 e. The lowest BCUT2D eigenvalue weighted by Gasteiger charge is -2.25. The fraction of sp³-hybridized carbons (Fsp3) is 0.324. The van der Waals surface area contributed by atoms with Crippen molar-refractivity contribution in [2.45, 2.75) is 62.7 Å². The summed E-state index contributed by atoms with van der Waals surface area (Å²) in [5.41, 5.74) is 8.82. The number of aryl methyl sites for hydroxylation is 1. The minimum absolute atomic E-state index is 0.0735. The number of fused-ring (bicyclic) bond motifs is 2. The first-order chi connectivity index (χ1) is 18.7. The molecule has 2 aliphatic heterocycles. The number of likely N-dealkylation sites (N-methyl/N-ethyl adjacent to an activating group) is 1. The summed E-state index contributed by atoms with van der Waals surface area (Å²) < 4.78 is 35.6. The monoisotopic (exact) mass is 555 g/mol.